The topological polar surface area (TPSA) is 59.9 Å². The first-order chi connectivity index (χ1) is 11.8. The van der Waals surface area contributed by atoms with Gasteiger partial charge in [-0.3, -0.25) is 4.79 Å². The van der Waals surface area contributed by atoms with Crippen LogP contribution in [0.3, 0.4) is 0 Å². The molecule has 0 aliphatic carbocycles. The number of ether oxygens (including phenoxy) is 2. The molecule has 1 fully saturated rings. The van der Waals surface area contributed by atoms with Crippen molar-refractivity contribution < 1.29 is 14.3 Å². The van der Waals surface area contributed by atoms with Crippen molar-refractivity contribution in [3.8, 4) is 11.5 Å². The van der Waals surface area contributed by atoms with Gasteiger partial charge in [0.2, 0.25) is 0 Å². The number of para-hydroxylation sites is 2. The van der Waals surface area contributed by atoms with Crippen molar-refractivity contribution in [1.29, 1.82) is 0 Å². The third kappa shape index (κ3) is 3.00. The Kier molecular flexibility index (Phi) is 3.96. The molecule has 2 aliphatic heterocycles. The molecule has 0 saturated carbocycles. The molecule has 5 nitrogen and oxygen atoms in total. The molecule has 2 aliphatic rings. The standard InChI is InChI=1S/C18H14N2O3S/c21-17-15(24-18(20-17)19-13-6-2-1-3-7-13)11-12-5-4-8-14-16(12)23-10-9-22-14/h1-8,11H,9-10H2,(H,19,20,21). The van der Waals surface area contributed by atoms with Crippen molar-refractivity contribution in [3.05, 3.63) is 59.0 Å². The second-order valence-corrected chi connectivity index (χ2v) is 6.22. The number of carbonyl (C=O) groups excluding carboxylic acids is 1. The lowest BCUT2D eigenvalue weighted by atomic mass is 10.1. The predicted molar refractivity (Wildman–Crippen MR) is 94.7 cm³/mol. The number of carbonyl (C=O) groups is 1. The summed E-state index contributed by atoms with van der Waals surface area (Å²) in [4.78, 5) is 17.2. The van der Waals surface area contributed by atoms with Crippen molar-refractivity contribution in [3.63, 3.8) is 0 Å². The van der Waals surface area contributed by atoms with Gasteiger partial charge in [0.1, 0.15) is 13.2 Å². The summed E-state index contributed by atoms with van der Waals surface area (Å²) < 4.78 is 11.3. The van der Waals surface area contributed by atoms with Crippen LogP contribution in [0, 0.1) is 0 Å². The van der Waals surface area contributed by atoms with Crippen LogP contribution in [0.1, 0.15) is 5.56 Å². The van der Waals surface area contributed by atoms with Gasteiger partial charge in [-0.25, -0.2) is 4.99 Å². The second kappa shape index (κ2) is 6.41. The number of hydrogen-bond acceptors (Lipinski definition) is 5. The predicted octanol–water partition coefficient (Wildman–Crippen LogP) is 3.35. The van der Waals surface area contributed by atoms with Crippen LogP contribution in [0.25, 0.3) is 6.08 Å². The lowest BCUT2D eigenvalue weighted by Gasteiger charge is -2.19. The average molecular weight is 338 g/mol. The summed E-state index contributed by atoms with van der Waals surface area (Å²) in [6.07, 6.45) is 1.81. The van der Waals surface area contributed by atoms with E-state index in [0.29, 0.717) is 34.8 Å². The highest BCUT2D eigenvalue weighted by Crippen LogP contribution is 2.37. The number of benzene rings is 2. The molecular weight excluding hydrogens is 324 g/mol. The summed E-state index contributed by atoms with van der Waals surface area (Å²) in [5.74, 6) is 1.22. The molecule has 120 valence electrons. The van der Waals surface area contributed by atoms with E-state index in [1.54, 1.807) is 6.08 Å². The van der Waals surface area contributed by atoms with Gasteiger partial charge in [-0.2, -0.15) is 0 Å². The molecule has 0 aromatic heterocycles. The maximum Gasteiger partial charge on any atom is 0.264 e. The van der Waals surface area contributed by atoms with Gasteiger partial charge in [0.15, 0.2) is 16.7 Å². The van der Waals surface area contributed by atoms with Gasteiger partial charge in [-0.15, -0.1) is 0 Å². The molecule has 2 aromatic carbocycles. The largest absolute Gasteiger partial charge is 0.486 e. The van der Waals surface area contributed by atoms with Gasteiger partial charge < -0.3 is 14.8 Å². The Balaban J connectivity index is 1.62. The van der Waals surface area contributed by atoms with E-state index in [2.05, 4.69) is 10.3 Å². The minimum atomic E-state index is -0.163. The first kappa shape index (κ1) is 14.8. The summed E-state index contributed by atoms with van der Waals surface area (Å²) in [5.41, 5.74) is 1.63. The second-order valence-electron chi connectivity index (χ2n) is 5.19. The molecule has 0 bridgehead atoms. The Morgan fingerprint density at radius 3 is 2.75 bits per heavy atom. The smallest absolute Gasteiger partial charge is 0.264 e. The zero-order valence-electron chi connectivity index (χ0n) is 12.7. The van der Waals surface area contributed by atoms with Gasteiger partial charge in [0, 0.05) is 5.56 Å². The Bertz CT molecular complexity index is 847. The van der Waals surface area contributed by atoms with Crippen molar-refractivity contribution >= 4 is 34.6 Å². The maximum atomic E-state index is 12.2. The Labute approximate surface area is 143 Å². The Hall–Kier alpha value is -2.73. The number of nitrogens with zero attached hydrogens (tertiary/aromatic N) is 1. The Morgan fingerprint density at radius 2 is 1.88 bits per heavy atom. The van der Waals surface area contributed by atoms with Crippen LogP contribution in [-0.4, -0.2) is 24.3 Å². The Morgan fingerprint density at radius 1 is 1.04 bits per heavy atom. The molecule has 6 heteroatoms. The van der Waals surface area contributed by atoms with Crippen molar-refractivity contribution in [2.24, 2.45) is 4.99 Å². The molecule has 1 N–H and O–H groups in total. The zero-order chi connectivity index (χ0) is 16.4. The molecule has 24 heavy (non-hydrogen) atoms. The van der Waals surface area contributed by atoms with E-state index in [1.807, 2.05) is 48.5 Å². The fourth-order valence-corrected chi connectivity index (χ4v) is 3.28. The van der Waals surface area contributed by atoms with Crippen LogP contribution in [0.5, 0.6) is 11.5 Å². The van der Waals surface area contributed by atoms with Gasteiger partial charge in [0.25, 0.3) is 5.91 Å². The van der Waals surface area contributed by atoms with Crippen LogP contribution in [0.15, 0.2) is 58.4 Å². The maximum absolute atomic E-state index is 12.2. The fourth-order valence-electron chi connectivity index (χ4n) is 2.45. The number of thioether (sulfide) groups is 1. The van der Waals surface area contributed by atoms with Crippen LogP contribution in [0.4, 0.5) is 5.69 Å². The molecule has 4 rings (SSSR count). The molecule has 1 amide bonds. The molecular formula is C18H14N2O3S. The van der Waals surface area contributed by atoms with E-state index in [-0.39, 0.29) is 5.91 Å². The average Bonchev–Trinajstić information content (AvgIpc) is 2.95. The van der Waals surface area contributed by atoms with Crippen molar-refractivity contribution in [1.82, 2.24) is 5.32 Å². The lowest BCUT2D eigenvalue weighted by molar-refractivity contribution is -0.115. The first-order valence-electron chi connectivity index (χ1n) is 7.53. The molecule has 0 spiro atoms. The van der Waals surface area contributed by atoms with Crippen LogP contribution < -0.4 is 14.8 Å². The van der Waals surface area contributed by atoms with Gasteiger partial charge >= 0.3 is 0 Å². The quantitative estimate of drug-likeness (QED) is 0.853. The third-order valence-corrected chi connectivity index (χ3v) is 4.43. The highest BCUT2D eigenvalue weighted by molar-refractivity contribution is 8.18. The minimum absolute atomic E-state index is 0.163. The number of hydrogen-bond donors (Lipinski definition) is 1. The highest BCUT2D eigenvalue weighted by Gasteiger charge is 2.25. The van der Waals surface area contributed by atoms with E-state index < -0.39 is 0 Å². The van der Waals surface area contributed by atoms with E-state index in [9.17, 15) is 4.79 Å². The van der Waals surface area contributed by atoms with Gasteiger partial charge in [0.05, 0.1) is 10.6 Å². The molecule has 0 unspecified atom stereocenters. The minimum Gasteiger partial charge on any atom is -0.486 e. The summed E-state index contributed by atoms with van der Waals surface area (Å²) in [6, 6.07) is 15.2. The number of aliphatic imine (C=N–C) groups is 1. The normalized spacial score (nSPS) is 19.6. The summed E-state index contributed by atoms with van der Waals surface area (Å²) >= 11 is 1.31. The molecule has 0 atom stereocenters. The molecule has 1 saturated heterocycles. The van der Waals surface area contributed by atoms with Crippen molar-refractivity contribution in [2.75, 3.05) is 13.2 Å². The monoisotopic (exact) mass is 338 g/mol. The number of amidine groups is 1. The zero-order valence-corrected chi connectivity index (χ0v) is 13.5. The van der Waals surface area contributed by atoms with Crippen LogP contribution >= 0.6 is 11.8 Å². The highest BCUT2D eigenvalue weighted by atomic mass is 32.2. The van der Waals surface area contributed by atoms with E-state index in [0.717, 1.165) is 11.3 Å². The van der Waals surface area contributed by atoms with Crippen molar-refractivity contribution in [2.45, 2.75) is 0 Å². The van der Waals surface area contributed by atoms with Crippen LogP contribution in [0.2, 0.25) is 0 Å². The SMILES string of the molecule is O=C1NC(=Nc2ccccc2)SC1=Cc1cccc2c1OCCO2. The summed E-state index contributed by atoms with van der Waals surface area (Å²) in [7, 11) is 0. The van der Waals surface area contributed by atoms with Gasteiger partial charge in [-0.1, -0.05) is 30.3 Å². The van der Waals surface area contributed by atoms with Gasteiger partial charge in [-0.05, 0) is 36.0 Å². The molecule has 2 aromatic rings. The number of amides is 1. The van der Waals surface area contributed by atoms with E-state index in [4.69, 9.17) is 9.47 Å². The number of fused-ring (bicyclic) bond motifs is 1. The summed E-state index contributed by atoms with van der Waals surface area (Å²) in [6.45, 7) is 1.05. The fraction of sp³-hybridized carbons (Fsp3) is 0.111. The number of rotatable bonds is 2. The number of nitrogens with one attached hydrogen (secondary N) is 1. The molecule has 0 radical (unpaired) electrons. The van der Waals surface area contributed by atoms with E-state index >= 15 is 0 Å². The lowest BCUT2D eigenvalue weighted by Crippen LogP contribution is -2.19. The summed E-state index contributed by atoms with van der Waals surface area (Å²) in [5, 5.41) is 3.36. The molecule has 2 heterocycles. The first-order valence-corrected chi connectivity index (χ1v) is 8.34. The van der Waals surface area contributed by atoms with E-state index in [1.165, 1.54) is 11.8 Å². The third-order valence-electron chi connectivity index (χ3n) is 3.52. The van der Waals surface area contributed by atoms with Crippen LogP contribution in [-0.2, 0) is 4.79 Å².